The second-order valence-electron chi connectivity index (χ2n) is 5.63. The van der Waals surface area contributed by atoms with Crippen molar-refractivity contribution in [3.8, 4) is 0 Å². The number of nitrogens with zero attached hydrogens (tertiary/aromatic N) is 4. The highest BCUT2D eigenvalue weighted by molar-refractivity contribution is 5.47. The SMILES string of the molecule is Fc1ccccc1N1CCN(CCCNc2ncccn2)CC1. The maximum atomic E-state index is 13.8. The molecular formula is C17H22FN5. The van der Waals surface area contributed by atoms with Crippen LogP contribution in [-0.4, -0.2) is 54.1 Å². The molecule has 5 nitrogen and oxygen atoms in total. The highest BCUT2D eigenvalue weighted by atomic mass is 19.1. The van der Waals surface area contributed by atoms with Gasteiger partial charge in [-0.3, -0.25) is 4.90 Å². The largest absolute Gasteiger partial charge is 0.367 e. The third kappa shape index (κ3) is 4.39. The fourth-order valence-corrected chi connectivity index (χ4v) is 2.81. The molecule has 1 aliphatic rings. The molecule has 2 aromatic rings. The average molecular weight is 315 g/mol. The fraction of sp³-hybridized carbons (Fsp3) is 0.412. The molecule has 0 amide bonds. The molecule has 0 spiro atoms. The van der Waals surface area contributed by atoms with Gasteiger partial charge in [0.2, 0.25) is 5.95 Å². The zero-order chi connectivity index (χ0) is 15.9. The summed E-state index contributed by atoms with van der Waals surface area (Å²) in [6.45, 7) is 5.57. The van der Waals surface area contributed by atoms with Crippen LogP contribution >= 0.6 is 0 Å². The molecule has 23 heavy (non-hydrogen) atoms. The summed E-state index contributed by atoms with van der Waals surface area (Å²) < 4.78 is 13.8. The van der Waals surface area contributed by atoms with Crippen molar-refractivity contribution in [2.75, 3.05) is 49.5 Å². The van der Waals surface area contributed by atoms with Crippen molar-refractivity contribution in [1.29, 1.82) is 0 Å². The molecule has 0 bridgehead atoms. The molecule has 3 rings (SSSR count). The van der Waals surface area contributed by atoms with Crippen molar-refractivity contribution >= 4 is 11.6 Å². The molecule has 1 aromatic carbocycles. The van der Waals surface area contributed by atoms with E-state index in [1.54, 1.807) is 24.5 Å². The number of anilines is 2. The summed E-state index contributed by atoms with van der Waals surface area (Å²) in [7, 11) is 0. The van der Waals surface area contributed by atoms with Crippen molar-refractivity contribution < 1.29 is 4.39 Å². The molecule has 6 heteroatoms. The first-order chi connectivity index (χ1) is 11.3. The Bertz CT molecular complexity index is 599. The summed E-state index contributed by atoms with van der Waals surface area (Å²) in [6, 6.07) is 8.81. The summed E-state index contributed by atoms with van der Waals surface area (Å²) >= 11 is 0. The van der Waals surface area contributed by atoms with Crippen LogP contribution in [0.1, 0.15) is 6.42 Å². The second kappa shape index (κ2) is 7.87. The molecule has 0 saturated carbocycles. The van der Waals surface area contributed by atoms with Gasteiger partial charge in [-0.15, -0.1) is 0 Å². The van der Waals surface area contributed by atoms with Gasteiger partial charge in [0, 0.05) is 45.1 Å². The Morgan fingerprint density at radius 2 is 1.74 bits per heavy atom. The van der Waals surface area contributed by atoms with Gasteiger partial charge in [-0.25, -0.2) is 14.4 Å². The molecular weight excluding hydrogens is 293 g/mol. The van der Waals surface area contributed by atoms with Gasteiger partial charge in [-0.1, -0.05) is 12.1 Å². The molecule has 0 unspecified atom stereocenters. The van der Waals surface area contributed by atoms with Crippen LogP contribution in [0.4, 0.5) is 16.0 Å². The van der Waals surface area contributed by atoms with Crippen LogP contribution in [0.3, 0.4) is 0 Å². The molecule has 1 fully saturated rings. The smallest absolute Gasteiger partial charge is 0.222 e. The number of benzene rings is 1. The summed E-state index contributed by atoms with van der Waals surface area (Å²) in [5.74, 6) is 0.546. The zero-order valence-electron chi connectivity index (χ0n) is 13.2. The highest BCUT2D eigenvalue weighted by Crippen LogP contribution is 2.20. The first-order valence-electron chi connectivity index (χ1n) is 8.05. The summed E-state index contributed by atoms with van der Waals surface area (Å²) in [4.78, 5) is 12.8. The molecule has 0 aliphatic carbocycles. The molecule has 2 heterocycles. The Hall–Kier alpha value is -2.21. The van der Waals surface area contributed by atoms with E-state index in [2.05, 4.69) is 25.1 Å². The van der Waals surface area contributed by atoms with Crippen molar-refractivity contribution in [1.82, 2.24) is 14.9 Å². The van der Waals surface area contributed by atoms with Crippen molar-refractivity contribution in [3.63, 3.8) is 0 Å². The number of hydrogen-bond donors (Lipinski definition) is 1. The summed E-state index contributed by atoms with van der Waals surface area (Å²) in [5.41, 5.74) is 0.718. The number of para-hydroxylation sites is 1. The van der Waals surface area contributed by atoms with Crippen LogP contribution in [0, 0.1) is 5.82 Å². The number of hydrogen-bond acceptors (Lipinski definition) is 5. The molecule has 0 atom stereocenters. The van der Waals surface area contributed by atoms with Crippen LogP contribution < -0.4 is 10.2 Å². The Labute approximate surface area is 136 Å². The topological polar surface area (TPSA) is 44.3 Å². The Kier molecular flexibility index (Phi) is 5.37. The third-order valence-corrected chi connectivity index (χ3v) is 4.07. The van der Waals surface area contributed by atoms with Gasteiger partial charge >= 0.3 is 0 Å². The van der Waals surface area contributed by atoms with Gasteiger partial charge in [0.15, 0.2) is 0 Å². The molecule has 1 aliphatic heterocycles. The van der Waals surface area contributed by atoms with Crippen molar-refractivity contribution in [2.24, 2.45) is 0 Å². The Balaban J connectivity index is 1.37. The lowest BCUT2D eigenvalue weighted by Gasteiger charge is -2.36. The standard InChI is InChI=1S/C17H22FN5/c18-15-5-1-2-6-16(15)23-13-11-22(12-14-23)10-4-9-21-17-19-7-3-8-20-17/h1-3,5-8H,4,9-14H2,(H,19,20,21). The zero-order valence-corrected chi connectivity index (χ0v) is 13.2. The van der Waals surface area contributed by atoms with Crippen LogP contribution in [0.15, 0.2) is 42.7 Å². The molecule has 1 saturated heterocycles. The number of nitrogens with one attached hydrogen (secondary N) is 1. The first kappa shape index (κ1) is 15.7. The minimum atomic E-state index is -0.131. The maximum Gasteiger partial charge on any atom is 0.222 e. The van der Waals surface area contributed by atoms with Crippen molar-refractivity contribution in [2.45, 2.75) is 6.42 Å². The lowest BCUT2D eigenvalue weighted by Crippen LogP contribution is -2.47. The van der Waals surface area contributed by atoms with Gasteiger partial charge in [-0.2, -0.15) is 0 Å². The van der Waals surface area contributed by atoms with Gasteiger partial charge in [0.25, 0.3) is 0 Å². The average Bonchev–Trinajstić information content (AvgIpc) is 2.61. The minimum absolute atomic E-state index is 0.131. The normalized spacial score (nSPS) is 15.6. The maximum absolute atomic E-state index is 13.8. The van der Waals surface area contributed by atoms with E-state index in [9.17, 15) is 4.39 Å². The summed E-state index contributed by atoms with van der Waals surface area (Å²) in [5, 5.41) is 3.22. The van der Waals surface area contributed by atoms with E-state index in [0.717, 1.165) is 51.4 Å². The van der Waals surface area contributed by atoms with Crippen LogP contribution in [0.25, 0.3) is 0 Å². The molecule has 122 valence electrons. The third-order valence-electron chi connectivity index (χ3n) is 4.07. The van der Waals surface area contributed by atoms with E-state index < -0.39 is 0 Å². The Morgan fingerprint density at radius 1 is 1.00 bits per heavy atom. The van der Waals surface area contributed by atoms with E-state index in [1.807, 2.05) is 12.1 Å². The van der Waals surface area contributed by atoms with E-state index in [0.29, 0.717) is 5.95 Å². The van der Waals surface area contributed by atoms with E-state index in [1.165, 1.54) is 6.07 Å². The predicted octanol–water partition coefficient (Wildman–Crippen LogP) is 2.24. The predicted molar refractivity (Wildman–Crippen MR) is 90.2 cm³/mol. The van der Waals surface area contributed by atoms with E-state index >= 15 is 0 Å². The van der Waals surface area contributed by atoms with E-state index in [4.69, 9.17) is 0 Å². The number of halogens is 1. The lowest BCUT2D eigenvalue weighted by molar-refractivity contribution is 0.256. The number of rotatable bonds is 6. The lowest BCUT2D eigenvalue weighted by atomic mass is 10.2. The molecule has 0 radical (unpaired) electrons. The minimum Gasteiger partial charge on any atom is -0.367 e. The molecule has 1 N–H and O–H groups in total. The quantitative estimate of drug-likeness (QED) is 0.828. The highest BCUT2D eigenvalue weighted by Gasteiger charge is 2.18. The Morgan fingerprint density at radius 3 is 2.48 bits per heavy atom. The summed E-state index contributed by atoms with van der Waals surface area (Å²) in [6.07, 6.45) is 4.51. The monoisotopic (exact) mass is 315 g/mol. The van der Waals surface area contributed by atoms with Crippen LogP contribution in [-0.2, 0) is 0 Å². The first-order valence-corrected chi connectivity index (χ1v) is 8.05. The van der Waals surface area contributed by atoms with Gasteiger partial charge in [0.1, 0.15) is 5.82 Å². The van der Waals surface area contributed by atoms with Gasteiger partial charge in [0.05, 0.1) is 5.69 Å². The van der Waals surface area contributed by atoms with Gasteiger partial charge in [-0.05, 0) is 31.2 Å². The second-order valence-corrected chi connectivity index (χ2v) is 5.63. The van der Waals surface area contributed by atoms with Crippen LogP contribution in [0.2, 0.25) is 0 Å². The van der Waals surface area contributed by atoms with Crippen LogP contribution in [0.5, 0.6) is 0 Å². The molecule has 1 aromatic heterocycles. The van der Waals surface area contributed by atoms with Crippen molar-refractivity contribution in [3.05, 3.63) is 48.5 Å². The van der Waals surface area contributed by atoms with Gasteiger partial charge < -0.3 is 10.2 Å². The number of piperazine rings is 1. The fourth-order valence-electron chi connectivity index (χ4n) is 2.81. The number of aromatic nitrogens is 2. The van der Waals surface area contributed by atoms with E-state index in [-0.39, 0.29) is 5.82 Å².